The SMILES string of the molecule is C=C(Nc1c(C)cccc1Cl)c1cnc(Nc2cc(N3CCN(CCOP(=O)(COC)NC(C)C(=O)OC(C)C)CC3)nc(C)n2)s1. The van der Waals surface area contributed by atoms with Crippen LogP contribution in [0.2, 0.25) is 5.02 Å². The summed E-state index contributed by atoms with van der Waals surface area (Å²) < 4.78 is 29.4. The summed E-state index contributed by atoms with van der Waals surface area (Å²) in [7, 11) is -1.98. The van der Waals surface area contributed by atoms with E-state index in [0.29, 0.717) is 34.0 Å². The molecular weight excluding hydrogens is 663 g/mol. The fourth-order valence-corrected chi connectivity index (χ4v) is 7.50. The maximum atomic E-state index is 13.3. The van der Waals surface area contributed by atoms with Crippen molar-refractivity contribution < 1.29 is 23.4 Å². The van der Waals surface area contributed by atoms with E-state index < -0.39 is 19.5 Å². The molecule has 2 unspecified atom stereocenters. The van der Waals surface area contributed by atoms with Gasteiger partial charge in [-0.15, -0.1) is 0 Å². The van der Waals surface area contributed by atoms with E-state index in [9.17, 15) is 9.36 Å². The summed E-state index contributed by atoms with van der Waals surface area (Å²) >= 11 is 7.83. The Balaban J connectivity index is 1.28. The fourth-order valence-electron chi connectivity index (χ4n) is 4.84. The number of carbonyl (C=O) groups excluding carboxylic acids is 1. The summed E-state index contributed by atoms with van der Waals surface area (Å²) in [6.07, 6.45) is 1.34. The van der Waals surface area contributed by atoms with Crippen molar-refractivity contribution in [3.05, 3.63) is 58.3 Å². The van der Waals surface area contributed by atoms with E-state index in [0.717, 1.165) is 48.1 Å². The van der Waals surface area contributed by atoms with Gasteiger partial charge in [-0.2, -0.15) is 0 Å². The standard InChI is InChI=1S/C31H44ClN8O5PS/c1-20(2)45-30(41)23(5)38-46(42,19-43-7)44-16-15-39-11-13-40(14-12-39)28-17-27(35-24(6)36-28)37-31-33-18-26(47-31)22(4)34-29-21(3)9-8-10-25(29)32/h8-10,17-18,20,23,34H,4,11-16,19H2,1-3,5-7H3,(H,38,42)(H,33,35,36,37). The van der Waals surface area contributed by atoms with E-state index in [2.05, 4.69) is 47.1 Å². The number of piperazine rings is 1. The number of ether oxygens (including phenoxy) is 2. The smallest absolute Gasteiger partial charge is 0.323 e. The molecule has 2 atom stereocenters. The number of hydrogen-bond acceptors (Lipinski definition) is 13. The maximum absolute atomic E-state index is 13.3. The number of rotatable bonds is 16. The fraction of sp³-hybridized carbons (Fsp3) is 0.484. The van der Waals surface area contributed by atoms with Crippen LogP contribution < -0.4 is 20.6 Å². The summed E-state index contributed by atoms with van der Waals surface area (Å²) in [6.45, 7) is 17.0. The topological polar surface area (TPSA) is 143 Å². The summed E-state index contributed by atoms with van der Waals surface area (Å²) in [6, 6.07) is 6.87. The number of esters is 1. The lowest BCUT2D eigenvalue weighted by Crippen LogP contribution is -2.47. The van der Waals surface area contributed by atoms with Gasteiger partial charge in [0.15, 0.2) is 5.13 Å². The predicted molar refractivity (Wildman–Crippen MR) is 189 cm³/mol. The maximum Gasteiger partial charge on any atom is 0.323 e. The van der Waals surface area contributed by atoms with Crippen molar-refractivity contribution in [2.24, 2.45) is 0 Å². The Morgan fingerprint density at radius 3 is 2.60 bits per heavy atom. The van der Waals surface area contributed by atoms with E-state index in [1.165, 1.54) is 18.4 Å². The van der Waals surface area contributed by atoms with Gasteiger partial charge in [-0.1, -0.05) is 41.6 Å². The largest absolute Gasteiger partial charge is 0.462 e. The highest BCUT2D eigenvalue weighted by Crippen LogP contribution is 2.42. The van der Waals surface area contributed by atoms with Crippen molar-refractivity contribution in [3.63, 3.8) is 0 Å². The summed E-state index contributed by atoms with van der Waals surface area (Å²) in [5.74, 6) is 1.63. The molecule has 256 valence electrons. The van der Waals surface area contributed by atoms with Gasteiger partial charge in [0.1, 0.15) is 29.8 Å². The van der Waals surface area contributed by atoms with Gasteiger partial charge in [0.25, 0.3) is 7.52 Å². The second-order valence-corrected chi connectivity index (χ2v) is 15.0. The molecule has 1 aliphatic heterocycles. The van der Waals surface area contributed by atoms with Crippen molar-refractivity contribution >= 4 is 64.6 Å². The molecule has 1 saturated heterocycles. The van der Waals surface area contributed by atoms with Gasteiger partial charge in [0, 0.05) is 52.1 Å². The first-order valence-corrected chi connectivity index (χ1v) is 18.3. The van der Waals surface area contributed by atoms with Crippen LogP contribution in [-0.2, 0) is 23.4 Å². The number of aryl methyl sites for hydroxylation is 2. The van der Waals surface area contributed by atoms with E-state index in [4.69, 9.17) is 25.6 Å². The Morgan fingerprint density at radius 2 is 1.91 bits per heavy atom. The van der Waals surface area contributed by atoms with Gasteiger partial charge in [-0.3, -0.25) is 14.3 Å². The molecule has 3 heterocycles. The second kappa shape index (κ2) is 16.8. The number of anilines is 4. The van der Waals surface area contributed by atoms with Crippen molar-refractivity contribution in [1.82, 2.24) is 24.9 Å². The first-order valence-electron chi connectivity index (χ1n) is 15.3. The van der Waals surface area contributed by atoms with Gasteiger partial charge in [0.05, 0.1) is 34.0 Å². The van der Waals surface area contributed by atoms with Gasteiger partial charge in [-0.25, -0.2) is 20.0 Å². The number of aromatic nitrogens is 3. The molecule has 0 saturated carbocycles. The van der Waals surface area contributed by atoms with E-state index in [1.807, 2.05) is 38.1 Å². The monoisotopic (exact) mass is 706 g/mol. The molecule has 0 radical (unpaired) electrons. The lowest BCUT2D eigenvalue weighted by Gasteiger charge is -2.35. The third-order valence-corrected chi connectivity index (χ3v) is 10.4. The number of methoxy groups -OCH3 is 1. The van der Waals surface area contributed by atoms with Crippen LogP contribution in [0.5, 0.6) is 0 Å². The summed E-state index contributed by atoms with van der Waals surface area (Å²) in [4.78, 5) is 31.3. The highest BCUT2D eigenvalue weighted by molar-refractivity contribution is 7.56. The average Bonchev–Trinajstić information content (AvgIpc) is 3.47. The number of thiazole rings is 1. The second-order valence-electron chi connectivity index (χ2n) is 11.4. The lowest BCUT2D eigenvalue weighted by atomic mass is 10.2. The van der Waals surface area contributed by atoms with Gasteiger partial charge >= 0.3 is 5.97 Å². The Morgan fingerprint density at radius 1 is 1.17 bits per heavy atom. The van der Waals surface area contributed by atoms with Crippen LogP contribution in [0.25, 0.3) is 5.70 Å². The Labute approximate surface area is 285 Å². The number of nitrogens with zero attached hydrogens (tertiary/aromatic N) is 5. The Bertz CT molecular complexity index is 1560. The molecule has 1 aromatic carbocycles. The van der Waals surface area contributed by atoms with E-state index >= 15 is 0 Å². The molecule has 0 amide bonds. The Hall–Kier alpha value is -3.10. The molecule has 16 heteroatoms. The Kier molecular flexibility index (Phi) is 13.2. The quantitative estimate of drug-likeness (QED) is 0.120. The molecule has 13 nitrogen and oxygen atoms in total. The zero-order valence-electron chi connectivity index (χ0n) is 27.7. The van der Waals surface area contributed by atoms with Gasteiger partial charge < -0.3 is 29.5 Å². The number of halogens is 1. The lowest BCUT2D eigenvalue weighted by molar-refractivity contribution is -0.149. The van der Waals surface area contributed by atoms with Gasteiger partial charge in [-0.05, 0) is 46.2 Å². The average molecular weight is 707 g/mol. The first kappa shape index (κ1) is 36.7. The molecule has 4 rings (SSSR count). The molecule has 3 aromatic rings. The molecule has 0 spiro atoms. The van der Waals surface area contributed by atoms with Crippen LogP contribution in [0.1, 0.15) is 37.0 Å². The minimum absolute atomic E-state index is 0.153. The predicted octanol–water partition coefficient (Wildman–Crippen LogP) is 5.90. The van der Waals surface area contributed by atoms with E-state index in [-0.39, 0.29) is 19.1 Å². The summed E-state index contributed by atoms with van der Waals surface area (Å²) in [5, 5.41) is 10.7. The van der Waals surface area contributed by atoms with Crippen molar-refractivity contribution in [2.75, 3.05) is 68.3 Å². The third-order valence-electron chi connectivity index (χ3n) is 7.16. The summed E-state index contributed by atoms with van der Waals surface area (Å²) in [5.41, 5.74) is 2.55. The highest BCUT2D eigenvalue weighted by atomic mass is 35.5. The number of nitrogens with one attached hydrogen (secondary N) is 3. The number of carbonyl (C=O) groups is 1. The van der Waals surface area contributed by atoms with Crippen molar-refractivity contribution in [2.45, 2.75) is 46.8 Å². The molecule has 1 fully saturated rings. The van der Waals surface area contributed by atoms with Crippen molar-refractivity contribution in [1.29, 1.82) is 0 Å². The molecule has 0 bridgehead atoms. The van der Waals surface area contributed by atoms with Crippen LogP contribution in [0.4, 0.5) is 22.5 Å². The van der Waals surface area contributed by atoms with Crippen LogP contribution >= 0.6 is 30.5 Å². The molecule has 3 N–H and O–H groups in total. The minimum atomic E-state index is -3.42. The third kappa shape index (κ3) is 10.7. The van der Waals surface area contributed by atoms with Crippen molar-refractivity contribution in [3.8, 4) is 0 Å². The molecular formula is C31H44ClN8O5PS. The number of para-hydroxylation sites is 1. The van der Waals surface area contributed by atoms with Crippen LogP contribution in [0, 0.1) is 13.8 Å². The number of benzene rings is 1. The minimum Gasteiger partial charge on any atom is -0.462 e. The first-order chi connectivity index (χ1) is 22.4. The van der Waals surface area contributed by atoms with Crippen LogP contribution in [-0.4, -0.2) is 90.8 Å². The normalized spacial score (nSPS) is 15.7. The van der Waals surface area contributed by atoms with Crippen LogP contribution in [0.15, 0.2) is 37.0 Å². The number of hydrogen-bond donors (Lipinski definition) is 3. The molecule has 0 aliphatic carbocycles. The van der Waals surface area contributed by atoms with E-state index in [1.54, 1.807) is 27.0 Å². The highest BCUT2D eigenvalue weighted by Gasteiger charge is 2.30. The zero-order valence-corrected chi connectivity index (χ0v) is 30.2. The zero-order chi connectivity index (χ0) is 34.1. The van der Waals surface area contributed by atoms with Gasteiger partial charge in [0.2, 0.25) is 0 Å². The molecule has 1 aliphatic rings. The molecule has 2 aromatic heterocycles. The van der Waals surface area contributed by atoms with Crippen LogP contribution in [0.3, 0.4) is 0 Å². The molecule has 47 heavy (non-hydrogen) atoms.